The van der Waals surface area contributed by atoms with Crippen LogP contribution in [0.3, 0.4) is 0 Å². The minimum absolute atomic E-state index is 0.0331. The highest BCUT2D eigenvalue weighted by Crippen LogP contribution is 2.39. The lowest BCUT2D eigenvalue weighted by atomic mass is 9.82. The highest BCUT2D eigenvalue weighted by molar-refractivity contribution is 6.26. The van der Waals surface area contributed by atoms with Crippen LogP contribution in [0, 0.1) is 0 Å². The van der Waals surface area contributed by atoms with E-state index in [1.165, 1.54) is 11.8 Å². The molecule has 0 bridgehead atoms. The molecule has 2 N–H and O–H groups in total. The number of hydrogen-bond donors (Lipinski definition) is 2. The van der Waals surface area contributed by atoms with Crippen LogP contribution >= 0.6 is 11.6 Å². The second-order valence-electron chi connectivity index (χ2n) is 8.35. The molecule has 6 heteroatoms. The molecule has 1 aliphatic rings. The maximum atomic E-state index is 11.2. The molecule has 1 aliphatic carbocycles. The first kappa shape index (κ1) is 25.2. The molecule has 0 radical (unpaired) electrons. The summed E-state index contributed by atoms with van der Waals surface area (Å²) in [5.41, 5.74) is 4.18. The molecular formula is C28H30ClN3O2. The van der Waals surface area contributed by atoms with Gasteiger partial charge in [-0.05, 0) is 55.2 Å². The Labute approximate surface area is 206 Å². The molecule has 0 amide bonds. The van der Waals surface area contributed by atoms with Gasteiger partial charge in [-0.25, -0.2) is 4.79 Å². The molecule has 0 saturated carbocycles. The quantitative estimate of drug-likeness (QED) is 0.217. The lowest BCUT2D eigenvalue weighted by Crippen LogP contribution is -2.31. The number of carbonyl (C=O) groups is 1. The minimum Gasteiger partial charge on any atom is -0.478 e. The summed E-state index contributed by atoms with van der Waals surface area (Å²) >= 11 is 6.97. The van der Waals surface area contributed by atoms with Crippen LogP contribution in [0.2, 0.25) is 0 Å². The van der Waals surface area contributed by atoms with Crippen molar-refractivity contribution in [1.29, 1.82) is 0 Å². The van der Waals surface area contributed by atoms with Crippen molar-refractivity contribution in [1.82, 2.24) is 10.3 Å². The highest BCUT2D eigenvalue weighted by Gasteiger charge is 2.32. The number of amidine groups is 1. The Morgan fingerprint density at radius 1 is 1.24 bits per heavy atom. The van der Waals surface area contributed by atoms with Gasteiger partial charge in [0.1, 0.15) is 5.84 Å². The number of carboxylic acid groups (broad SMARTS) is 1. The van der Waals surface area contributed by atoms with Crippen molar-refractivity contribution in [3.8, 4) is 0 Å². The Hall–Kier alpha value is -3.44. The van der Waals surface area contributed by atoms with E-state index in [9.17, 15) is 9.90 Å². The zero-order valence-electron chi connectivity index (χ0n) is 19.7. The fourth-order valence-electron chi connectivity index (χ4n) is 3.84. The molecule has 34 heavy (non-hydrogen) atoms. The number of hydrogen-bond acceptors (Lipinski definition) is 3. The first-order valence-electron chi connectivity index (χ1n) is 11.2. The topological polar surface area (TPSA) is 74.6 Å². The van der Waals surface area contributed by atoms with Crippen molar-refractivity contribution in [3.63, 3.8) is 0 Å². The van der Waals surface area contributed by atoms with Crippen molar-refractivity contribution in [2.75, 3.05) is 7.05 Å². The van der Waals surface area contributed by atoms with Crippen molar-refractivity contribution in [3.05, 3.63) is 113 Å². The maximum absolute atomic E-state index is 11.2. The SMILES string of the molecule is C/C=C\C=C/Cc1ccc(C2C=CC(NC(Cc3cncc(C(=O)O)c3)=NC)=CC2(C)Cl)cc1. The fourth-order valence-corrected chi connectivity index (χ4v) is 4.16. The largest absolute Gasteiger partial charge is 0.478 e. The van der Waals surface area contributed by atoms with Crippen LogP contribution < -0.4 is 5.32 Å². The summed E-state index contributed by atoms with van der Waals surface area (Å²) in [5, 5.41) is 12.5. The molecule has 1 aromatic heterocycles. The van der Waals surface area contributed by atoms with E-state index >= 15 is 0 Å². The van der Waals surface area contributed by atoms with E-state index in [2.05, 4.69) is 57.8 Å². The van der Waals surface area contributed by atoms with Gasteiger partial charge >= 0.3 is 5.97 Å². The third-order valence-electron chi connectivity index (χ3n) is 5.62. The zero-order chi connectivity index (χ0) is 24.6. The van der Waals surface area contributed by atoms with E-state index in [0.717, 1.165) is 23.2 Å². The zero-order valence-corrected chi connectivity index (χ0v) is 20.5. The number of carboxylic acids is 1. The van der Waals surface area contributed by atoms with Gasteiger partial charge < -0.3 is 10.4 Å². The summed E-state index contributed by atoms with van der Waals surface area (Å²) in [5.74, 6) is -0.274. The van der Waals surface area contributed by atoms with Crippen molar-refractivity contribution < 1.29 is 9.90 Å². The predicted molar refractivity (Wildman–Crippen MR) is 140 cm³/mol. The second kappa shape index (κ2) is 11.6. The van der Waals surface area contributed by atoms with Crippen LogP contribution in [0.15, 0.2) is 95.9 Å². The fraction of sp³-hybridized carbons (Fsp3) is 0.250. The van der Waals surface area contributed by atoms with Gasteiger partial charge in [0.15, 0.2) is 0 Å². The normalized spacial score (nSPS) is 20.6. The summed E-state index contributed by atoms with van der Waals surface area (Å²) in [7, 11) is 1.70. The standard InChI is InChI=1S/C28H30ClN3O2/c1-4-5-6-7-8-20-9-11-22(12-10-20)25-14-13-24(17-28(25,2)29)32-26(30-3)16-21-15-23(27(33)34)19-31-18-21/h4-7,9-15,17-19,25H,8,16H2,1-3H3,(H,30,32)(H,33,34)/b5-4-,7-6-. The number of aromatic carboxylic acids is 1. The molecule has 176 valence electrons. The number of rotatable bonds is 8. The first-order valence-corrected chi connectivity index (χ1v) is 11.6. The highest BCUT2D eigenvalue weighted by atomic mass is 35.5. The van der Waals surface area contributed by atoms with Gasteiger partial charge in [0.05, 0.1) is 10.4 Å². The lowest BCUT2D eigenvalue weighted by molar-refractivity contribution is 0.0696. The van der Waals surface area contributed by atoms with Crippen molar-refractivity contribution >= 4 is 23.4 Å². The van der Waals surface area contributed by atoms with Gasteiger partial charge in [-0.15, -0.1) is 11.6 Å². The molecule has 2 atom stereocenters. The average Bonchev–Trinajstić information content (AvgIpc) is 2.81. The average molecular weight is 476 g/mol. The summed E-state index contributed by atoms with van der Waals surface area (Å²) < 4.78 is 0. The van der Waals surface area contributed by atoms with E-state index < -0.39 is 10.8 Å². The molecule has 1 heterocycles. The van der Waals surface area contributed by atoms with Crippen LogP contribution in [-0.2, 0) is 12.8 Å². The van der Waals surface area contributed by atoms with Gasteiger partial charge in [0.2, 0.25) is 0 Å². The molecular weight excluding hydrogens is 446 g/mol. The van der Waals surface area contributed by atoms with Gasteiger partial charge in [-0.2, -0.15) is 0 Å². The van der Waals surface area contributed by atoms with E-state index in [-0.39, 0.29) is 11.5 Å². The van der Waals surface area contributed by atoms with Crippen molar-refractivity contribution in [2.45, 2.75) is 37.5 Å². The smallest absolute Gasteiger partial charge is 0.337 e. The molecule has 0 saturated heterocycles. The molecule has 0 aliphatic heterocycles. The number of benzene rings is 1. The van der Waals surface area contributed by atoms with Gasteiger partial charge in [0.25, 0.3) is 0 Å². The lowest BCUT2D eigenvalue weighted by Gasteiger charge is -2.32. The predicted octanol–water partition coefficient (Wildman–Crippen LogP) is 5.85. The Kier molecular flexibility index (Phi) is 8.61. The number of pyridine rings is 1. The van der Waals surface area contributed by atoms with Gasteiger partial charge in [0, 0.05) is 37.5 Å². The molecule has 5 nitrogen and oxygen atoms in total. The molecule has 2 unspecified atom stereocenters. The van der Waals surface area contributed by atoms with E-state index in [1.54, 1.807) is 19.3 Å². The summed E-state index contributed by atoms with van der Waals surface area (Å²) in [4.78, 5) is 18.9. The minimum atomic E-state index is -1.00. The molecule has 2 aromatic rings. The van der Waals surface area contributed by atoms with Gasteiger partial charge in [-0.3, -0.25) is 9.98 Å². The number of aromatic nitrogens is 1. The summed E-state index contributed by atoms with van der Waals surface area (Å²) in [6.07, 6.45) is 18.7. The van der Waals surface area contributed by atoms with E-state index in [0.29, 0.717) is 12.3 Å². The number of allylic oxidation sites excluding steroid dienone is 7. The second-order valence-corrected chi connectivity index (χ2v) is 9.16. The Morgan fingerprint density at radius 2 is 2.00 bits per heavy atom. The van der Waals surface area contributed by atoms with Crippen LogP contribution in [0.4, 0.5) is 0 Å². The molecule has 1 aromatic carbocycles. The summed E-state index contributed by atoms with van der Waals surface area (Å²) in [6, 6.07) is 10.2. The van der Waals surface area contributed by atoms with Crippen LogP contribution in [0.1, 0.15) is 46.8 Å². The van der Waals surface area contributed by atoms with Crippen molar-refractivity contribution in [2.24, 2.45) is 4.99 Å². The Balaban J connectivity index is 1.68. The number of nitrogens with one attached hydrogen (secondary N) is 1. The maximum Gasteiger partial charge on any atom is 0.337 e. The number of aliphatic imine (C=N–C) groups is 1. The monoisotopic (exact) mass is 475 g/mol. The Bertz CT molecular complexity index is 1160. The van der Waals surface area contributed by atoms with E-state index in [4.69, 9.17) is 11.6 Å². The Morgan fingerprint density at radius 3 is 2.65 bits per heavy atom. The number of halogens is 1. The molecule has 0 spiro atoms. The van der Waals surface area contributed by atoms with Crippen LogP contribution in [-0.4, -0.2) is 33.8 Å². The third kappa shape index (κ3) is 6.78. The number of nitrogens with zero attached hydrogens (tertiary/aromatic N) is 2. The van der Waals surface area contributed by atoms with Crippen LogP contribution in [0.25, 0.3) is 0 Å². The molecule has 3 rings (SSSR count). The molecule has 0 fully saturated rings. The first-order chi connectivity index (χ1) is 16.3. The van der Waals surface area contributed by atoms with Crippen LogP contribution in [0.5, 0.6) is 0 Å². The summed E-state index contributed by atoms with van der Waals surface area (Å²) in [6.45, 7) is 4.00. The van der Waals surface area contributed by atoms with E-state index in [1.807, 2.05) is 38.2 Å². The third-order valence-corrected chi connectivity index (χ3v) is 5.96. The van der Waals surface area contributed by atoms with Gasteiger partial charge in [-0.1, -0.05) is 54.6 Å². The number of alkyl halides is 1.